The fraction of sp³-hybridized carbons (Fsp3) is 0.0526. The Bertz CT molecular complexity index is 734. The molecule has 3 aromatic rings. The molecule has 104 valence electrons. The highest BCUT2D eigenvalue weighted by Crippen LogP contribution is 2.40. The van der Waals surface area contributed by atoms with Gasteiger partial charge in [0.1, 0.15) is 0 Å². The van der Waals surface area contributed by atoms with E-state index >= 15 is 0 Å². The number of aromatic hydroxyl groups is 1. The van der Waals surface area contributed by atoms with Crippen LogP contribution in [0.25, 0.3) is 22.3 Å². The maximum atomic E-state index is 10.1. The van der Waals surface area contributed by atoms with Crippen LogP contribution in [0.15, 0.2) is 72.8 Å². The number of methoxy groups -OCH3 is 1. The van der Waals surface area contributed by atoms with Crippen molar-refractivity contribution in [3.05, 3.63) is 72.8 Å². The van der Waals surface area contributed by atoms with E-state index in [9.17, 15) is 5.11 Å². The van der Waals surface area contributed by atoms with Crippen LogP contribution in [0.4, 0.5) is 0 Å². The van der Waals surface area contributed by atoms with Crippen LogP contribution in [0, 0.1) is 0 Å². The van der Waals surface area contributed by atoms with Gasteiger partial charge in [0, 0.05) is 0 Å². The van der Waals surface area contributed by atoms with Gasteiger partial charge in [-0.05, 0) is 34.4 Å². The molecule has 2 nitrogen and oxygen atoms in total. The number of phenols is 1. The highest BCUT2D eigenvalue weighted by atomic mass is 16.5. The van der Waals surface area contributed by atoms with E-state index in [2.05, 4.69) is 12.1 Å². The third-order valence-electron chi connectivity index (χ3n) is 3.49. The molecule has 21 heavy (non-hydrogen) atoms. The molecule has 0 bridgehead atoms. The number of ether oxygens (including phenoxy) is 1. The molecule has 0 aliphatic carbocycles. The lowest BCUT2D eigenvalue weighted by atomic mass is 9.94. The minimum atomic E-state index is 0.149. The van der Waals surface area contributed by atoms with Crippen molar-refractivity contribution in [1.82, 2.24) is 0 Å². The molecule has 0 spiro atoms. The lowest BCUT2D eigenvalue weighted by Gasteiger charge is -2.13. The van der Waals surface area contributed by atoms with Crippen molar-refractivity contribution in [2.45, 2.75) is 0 Å². The molecule has 0 fully saturated rings. The van der Waals surface area contributed by atoms with Crippen molar-refractivity contribution in [2.24, 2.45) is 0 Å². The lowest BCUT2D eigenvalue weighted by Crippen LogP contribution is -1.89. The Labute approximate surface area is 124 Å². The molecule has 0 heterocycles. The summed E-state index contributed by atoms with van der Waals surface area (Å²) in [5.41, 5.74) is 4.18. The Morgan fingerprint density at radius 3 is 1.67 bits per heavy atom. The van der Waals surface area contributed by atoms with E-state index in [4.69, 9.17) is 4.74 Å². The highest BCUT2D eigenvalue weighted by Gasteiger charge is 2.12. The molecule has 0 aliphatic rings. The maximum Gasteiger partial charge on any atom is 0.161 e. The molecular weight excluding hydrogens is 260 g/mol. The normalized spacial score (nSPS) is 10.3. The molecule has 1 N–H and O–H groups in total. The number of hydrogen-bond donors (Lipinski definition) is 1. The molecule has 0 unspecified atom stereocenters. The molecule has 3 aromatic carbocycles. The molecule has 0 aliphatic heterocycles. The second-order valence-corrected chi connectivity index (χ2v) is 4.80. The minimum absolute atomic E-state index is 0.149. The molecule has 0 radical (unpaired) electrons. The summed E-state index contributed by atoms with van der Waals surface area (Å²) in [6, 6.07) is 23.8. The van der Waals surface area contributed by atoms with Gasteiger partial charge in [-0.1, -0.05) is 60.7 Å². The number of hydrogen-bond acceptors (Lipinski definition) is 2. The zero-order chi connectivity index (χ0) is 14.7. The standard InChI is InChI=1S/C19H16O2/c1-21-19-13-17(15-10-6-3-7-11-15)16(12-18(19)20)14-8-4-2-5-9-14/h2-13,20H,1H3. The lowest BCUT2D eigenvalue weighted by molar-refractivity contribution is 0.374. The molecule has 0 aromatic heterocycles. The maximum absolute atomic E-state index is 10.1. The second-order valence-electron chi connectivity index (χ2n) is 4.80. The summed E-state index contributed by atoms with van der Waals surface area (Å²) in [6.45, 7) is 0. The molecule has 0 saturated heterocycles. The molecule has 0 saturated carbocycles. The summed E-state index contributed by atoms with van der Waals surface area (Å²) in [7, 11) is 1.56. The molecule has 2 heteroatoms. The third kappa shape index (κ3) is 2.61. The van der Waals surface area contributed by atoms with Gasteiger partial charge in [0.05, 0.1) is 7.11 Å². The Kier molecular flexibility index (Phi) is 3.61. The smallest absolute Gasteiger partial charge is 0.161 e. The summed E-state index contributed by atoms with van der Waals surface area (Å²) in [5.74, 6) is 0.629. The Morgan fingerprint density at radius 2 is 1.19 bits per heavy atom. The summed E-state index contributed by atoms with van der Waals surface area (Å²) >= 11 is 0. The average Bonchev–Trinajstić information content (AvgIpc) is 2.56. The van der Waals surface area contributed by atoms with Gasteiger partial charge in [-0.25, -0.2) is 0 Å². The third-order valence-corrected chi connectivity index (χ3v) is 3.49. The minimum Gasteiger partial charge on any atom is -0.504 e. The summed E-state index contributed by atoms with van der Waals surface area (Å²) in [4.78, 5) is 0. The predicted octanol–water partition coefficient (Wildman–Crippen LogP) is 4.73. The molecule has 0 atom stereocenters. The number of phenolic OH excluding ortho intramolecular Hbond substituents is 1. The van der Waals surface area contributed by atoms with Crippen LogP contribution in [-0.4, -0.2) is 12.2 Å². The van der Waals surface area contributed by atoms with E-state index < -0.39 is 0 Å². The van der Waals surface area contributed by atoms with Crippen molar-refractivity contribution in [2.75, 3.05) is 7.11 Å². The van der Waals surface area contributed by atoms with Crippen LogP contribution in [0.3, 0.4) is 0 Å². The van der Waals surface area contributed by atoms with Gasteiger partial charge < -0.3 is 9.84 Å². The predicted molar refractivity (Wildman–Crippen MR) is 85.5 cm³/mol. The Morgan fingerprint density at radius 1 is 0.714 bits per heavy atom. The first-order valence-corrected chi connectivity index (χ1v) is 6.81. The van der Waals surface area contributed by atoms with Crippen LogP contribution in [0.2, 0.25) is 0 Å². The topological polar surface area (TPSA) is 29.5 Å². The van der Waals surface area contributed by atoms with Crippen molar-refractivity contribution >= 4 is 0 Å². The van der Waals surface area contributed by atoms with E-state index in [0.29, 0.717) is 5.75 Å². The molecule has 3 rings (SSSR count). The quantitative estimate of drug-likeness (QED) is 0.749. The van der Waals surface area contributed by atoms with E-state index in [0.717, 1.165) is 22.3 Å². The first kappa shape index (κ1) is 13.3. The Balaban J connectivity index is 2.26. The van der Waals surface area contributed by atoms with E-state index in [1.165, 1.54) is 0 Å². The van der Waals surface area contributed by atoms with Crippen molar-refractivity contribution in [3.8, 4) is 33.8 Å². The van der Waals surface area contributed by atoms with Crippen molar-refractivity contribution in [3.63, 3.8) is 0 Å². The Hall–Kier alpha value is -2.74. The summed E-state index contributed by atoms with van der Waals surface area (Å²) < 4.78 is 5.25. The fourth-order valence-electron chi connectivity index (χ4n) is 2.44. The van der Waals surface area contributed by atoms with Gasteiger partial charge in [0.25, 0.3) is 0 Å². The van der Waals surface area contributed by atoms with Gasteiger partial charge in [0.15, 0.2) is 11.5 Å². The van der Waals surface area contributed by atoms with E-state index in [1.54, 1.807) is 13.2 Å². The van der Waals surface area contributed by atoms with Crippen LogP contribution in [0.5, 0.6) is 11.5 Å². The van der Waals surface area contributed by atoms with Crippen LogP contribution >= 0.6 is 0 Å². The first-order valence-electron chi connectivity index (χ1n) is 6.81. The zero-order valence-corrected chi connectivity index (χ0v) is 11.8. The zero-order valence-electron chi connectivity index (χ0n) is 11.8. The van der Waals surface area contributed by atoms with Gasteiger partial charge in [0.2, 0.25) is 0 Å². The molecule has 0 amide bonds. The van der Waals surface area contributed by atoms with Gasteiger partial charge in [-0.2, -0.15) is 0 Å². The second kappa shape index (κ2) is 5.71. The average molecular weight is 276 g/mol. The van der Waals surface area contributed by atoms with Gasteiger partial charge in [-0.15, -0.1) is 0 Å². The largest absolute Gasteiger partial charge is 0.504 e. The van der Waals surface area contributed by atoms with Gasteiger partial charge in [-0.3, -0.25) is 0 Å². The van der Waals surface area contributed by atoms with E-state index in [-0.39, 0.29) is 5.75 Å². The summed E-state index contributed by atoms with van der Waals surface area (Å²) in [6.07, 6.45) is 0. The monoisotopic (exact) mass is 276 g/mol. The summed E-state index contributed by atoms with van der Waals surface area (Å²) in [5, 5.41) is 10.1. The molecular formula is C19H16O2. The number of rotatable bonds is 3. The van der Waals surface area contributed by atoms with Crippen LogP contribution < -0.4 is 4.74 Å². The first-order chi connectivity index (χ1) is 10.3. The SMILES string of the molecule is COc1cc(-c2ccccc2)c(-c2ccccc2)cc1O. The highest BCUT2D eigenvalue weighted by molar-refractivity contribution is 5.85. The van der Waals surface area contributed by atoms with E-state index in [1.807, 2.05) is 54.6 Å². The fourth-order valence-corrected chi connectivity index (χ4v) is 2.44. The van der Waals surface area contributed by atoms with Crippen molar-refractivity contribution in [1.29, 1.82) is 0 Å². The van der Waals surface area contributed by atoms with Gasteiger partial charge >= 0.3 is 0 Å². The number of benzene rings is 3. The van der Waals surface area contributed by atoms with Crippen LogP contribution in [-0.2, 0) is 0 Å². The van der Waals surface area contributed by atoms with Crippen LogP contribution in [0.1, 0.15) is 0 Å². The van der Waals surface area contributed by atoms with Crippen molar-refractivity contribution < 1.29 is 9.84 Å².